The van der Waals surface area contributed by atoms with Gasteiger partial charge in [0.1, 0.15) is 5.60 Å². The normalized spacial score (nSPS) is 13.1. The molecule has 0 spiro atoms. The van der Waals surface area contributed by atoms with Crippen molar-refractivity contribution >= 4 is 6.09 Å². The molecule has 2 N–H and O–H groups in total. The van der Waals surface area contributed by atoms with Crippen LogP contribution in [0.4, 0.5) is 4.79 Å². The highest BCUT2D eigenvalue weighted by Crippen LogP contribution is 2.16. The third-order valence-corrected chi connectivity index (χ3v) is 2.75. The summed E-state index contributed by atoms with van der Waals surface area (Å²) in [5, 5.41) is 14.0. The van der Waals surface area contributed by atoms with E-state index in [1.54, 1.807) is 19.2 Å². The summed E-state index contributed by atoms with van der Waals surface area (Å²) in [5.74, 6) is 0. The van der Waals surface area contributed by atoms with Crippen molar-refractivity contribution in [1.29, 1.82) is 0 Å². The van der Waals surface area contributed by atoms with Gasteiger partial charge in [0.15, 0.2) is 6.23 Å². The largest absolute Gasteiger partial charge is 0.444 e. The van der Waals surface area contributed by atoms with Crippen LogP contribution in [0, 0.1) is 0 Å². The lowest BCUT2D eigenvalue weighted by Crippen LogP contribution is -2.32. The molecule has 1 rings (SSSR count). The van der Waals surface area contributed by atoms with Gasteiger partial charge in [-0.05, 0) is 31.9 Å². The number of hydrogen-bond donors (Lipinski definition) is 2. The standard InChI is InChI=1S/C15H24N2O4/c1-15(2,3)21-14(19)16-10-11-6-8-12(9-7-11)13(18)17(4)20-5/h6-9,13,18H,10H2,1-5H3,(H,16,19). The van der Waals surface area contributed by atoms with Gasteiger partial charge in [0.25, 0.3) is 0 Å². The summed E-state index contributed by atoms with van der Waals surface area (Å²) in [7, 11) is 3.13. The zero-order chi connectivity index (χ0) is 16.0. The van der Waals surface area contributed by atoms with E-state index in [0.29, 0.717) is 12.1 Å². The monoisotopic (exact) mass is 296 g/mol. The highest BCUT2D eigenvalue weighted by atomic mass is 16.7. The minimum Gasteiger partial charge on any atom is -0.444 e. The van der Waals surface area contributed by atoms with E-state index in [1.807, 2.05) is 32.9 Å². The molecule has 0 saturated heterocycles. The van der Waals surface area contributed by atoms with Gasteiger partial charge in [-0.2, -0.15) is 5.06 Å². The number of hydrogen-bond acceptors (Lipinski definition) is 5. The number of ether oxygens (including phenoxy) is 1. The summed E-state index contributed by atoms with van der Waals surface area (Å²) in [6.45, 7) is 5.81. The number of nitrogens with one attached hydrogen (secondary N) is 1. The van der Waals surface area contributed by atoms with E-state index < -0.39 is 17.9 Å². The van der Waals surface area contributed by atoms with Crippen molar-refractivity contribution in [1.82, 2.24) is 10.4 Å². The van der Waals surface area contributed by atoms with Crippen LogP contribution in [0.15, 0.2) is 24.3 Å². The lowest BCUT2D eigenvalue weighted by molar-refractivity contribution is -0.206. The third kappa shape index (κ3) is 6.12. The second-order valence-electron chi connectivity index (χ2n) is 5.70. The van der Waals surface area contributed by atoms with E-state index in [4.69, 9.17) is 9.57 Å². The molecule has 0 fully saturated rings. The molecule has 1 atom stereocenters. The molecule has 1 aromatic rings. The highest BCUT2D eigenvalue weighted by molar-refractivity contribution is 5.67. The number of nitrogens with zero attached hydrogens (tertiary/aromatic N) is 1. The SMILES string of the molecule is CON(C)C(O)c1ccc(CNC(=O)OC(C)(C)C)cc1. The number of alkyl carbamates (subject to hydrolysis) is 1. The van der Waals surface area contributed by atoms with Gasteiger partial charge in [0, 0.05) is 13.6 Å². The summed E-state index contributed by atoms with van der Waals surface area (Å²) in [5.41, 5.74) is 1.11. The maximum absolute atomic E-state index is 11.5. The molecule has 1 unspecified atom stereocenters. The van der Waals surface area contributed by atoms with E-state index in [0.717, 1.165) is 5.56 Å². The number of carbonyl (C=O) groups is 1. The van der Waals surface area contributed by atoms with E-state index in [-0.39, 0.29) is 0 Å². The van der Waals surface area contributed by atoms with Gasteiger partial charge in [0.05, 0.1) is 7.11 Å². The first-order valence-corrected chi connectivity index (χ1v) is 6.73. The minimum atomic E-state index is -0.831. The zero-order valence-corrected chi connectivity index (χ0v) is 13.2. The first kappa shape index (κ1) is 17.4. The van der Waals surface area contributed by atoms with Crippen LogP contribution in [0.5, 0.6) is 0 Å². The molecule has 0 radical (unpaired) electrons. The van der Waals surface area contributed by atoms with Crippen LogP contribution in [-0.2, 0) is 16.1 Å². The molecular weight excluding hydrogens is 272 g/mol. The van der Waals surface area contributed by atoms with Crippen LogP contribution in [0.3, 0.4) is 0 Å². The Labute approximate surface area is 125 Å². The third-order valence-electron chi connectivity index (χ3n) is 2.75. The van der Waals surface area contributed by atoms with Crippen molar-refractivity contribution in [3.05, 3.63) is 35.4 Å². The van der Waals surface area contributed by atoms with Crippen molar-refractivity contribution in [2.45, 2.75) is 39.1 Å². The van der Waals surface area contributed by atoms with Gasteiger partial charge < -0.3 is 15.2 Å². The van der Waals surface area contributed by atoms with Crippen LogP contribution in [0.25, 0.3) is 0 Å². The van der Waals surface area contributed by atoms with Gasteiger partial charge in [-0.3, -0.25) is 4.84 Å². The smallest absolute Gasteiger partial charge is 0.407 e. The molecule has 118 valence electrons. The molecule has 0 heterocycles. The zero-order valence-electron chi connectivity index (χ0n) is 13.2. The maximum atomic E-state index is 11.5. The Morgan fingerprint density at radius 3 is 2.38 bits per heavy atom. The molecule has 0 aromatic heterocycles. The molecule has 21 heavy (non-hydrogen) atoms. The van der Waals surface area contributed by atoms with Crippen molar-refractivity contribution in [2.24, 2.45) is 0 Å². The number of hydroxylamine groups is 2. The van der Waals surface area contributed by atoms with E-state index in [2.05, 4.69) is 5.32 Å². The van der Waals surface area contributed by atoms with Crippen LogP contribution in [0.2, 0.25) is 0 Å². The Hall–Kier alpha value is -1.63. The molecule has 1 amide bonds. The summed E-state index contributed by atoms with van der Waals surface area (Å²) < 4.78 is 5.15. The molecule has 6 heteroatoms. The average molecular weight is 296 g/mol. The van der Waals surface area contributed by atoms with Gasteiger partial charge in [-0.25, -0.2) is 4.79 Å². The number of aliphatic hydroxyl groups is 1. The van der Waals surface area contributed by atoms with E-state index >= 15 is 0 Å². The molecule has 6 nitrogen and oxygen atoms in total. The Balaban J connectivity index is 2.54. The fraction of sp³-hybridized carbons (Fsp3) is 0.533. The van der Waals surface area contributed by atoms with Crippen LogP contribution >= 0.6 is 0 Å². The predicted molar refractivity (Wildman–Crippen MR) is 79.2 cm³/mol. The number of benzene rings is 1. The van der Waals surface area contributed by atoms with Gasteiger partial charge in [-0.15, -0.1) is 0 Å². The van der Waals surface area contributed by atoms with Crippen molar-refractivity contribution < 1.29 is 19.5 Å². The maximum Gasteiger partial charge on any atom is 0.407 e. The van der Waals surface area contributed by atoms with E-state index in [9.17, 15) is 9.90 Å². The number of carbonyl (C=O) groups excluding carboxylic acids is 1. The van der Waals surface area contributed by atoms with Gasteiger partial charge in [0.2, 0.25) is 0 Å². The van der Waals surface area contributed by atoms with Crippen molar-refractivity contribution in [3.63, 3.8) is 0 Å². The Bertz CT molecular complexity index is 454. The van der Waals surface area contributed by atoms with E-state index in [1.165, 1.54) is 12.2 Å². The molecule has 0 saturated carbocycles. The predicted octanol–water partition coefficient (Wildman–Crippen LogP) is 2.20. The lowest BCUT2D eigenvalue weighted by atomic mass is 10.1. The molecule has 0 aliphatic carbocycles. The number of rotatable bonds is 5. The first-order valence-electron chi connectivity index (χ1n) is 6.73. The minimum absolute atomic E-state index is 0.366. The fourth-order valence-corrected chi connectivity index (χ4v) is 1.61. The average Bonchev–Trinajstić information content (AvgIpc) is 2.42. The summed E-state index contributed by atoms with van der Waals surface area (Å²) in [4.78, 5) is 16.5. The van der Waals surface area contributed by atoms with Gasteiger partial charge in [-0.1, -0.05) is 24.3 Å². The molecule has 0 aliphatic heterocycles. The fourth-order valence-electron chi connectivity index (χ4n) is 1.61. The molecular formula is C15H24N2O4. The van der Waals surface area contributed by atoms with Gasteiger partial charge >= 0.3 is 6.09 Å². The van der Waals surface area contributed by atoms with Crippen molar-refractivity contribution in [2.75, 3.05) is 14.2 Å². The molecule has 1 aromatic carbocycles. The first-order chi connectivity index (χ1) is 9.73. The number of amides is 1. The molecule has 0 aliphatic rings. The van der Waals surface area contributed by atoms with Crippen molar-refractivity contribution in [3.8, 4) is 0 Å². The van der Waals surface area contributed by atoms with Crippen LogP contribution in [-0.4, -0.2) is 36.0 Å². The Kier molecular flexibility index (Phi) is 6.14. The lowest BCUT2D eigenvalue weighted by Gasteiger charge is -2.21. The summed E-state index contributed by atoms with van der Waals surface area (Å²) in [6, 6.07) is 7.23. The number of aliphatic hydroxyl groups excluding tert-OH is 1. The Morgan fingerprint density at radius 2 is 1.90 bits per heavy atom. The molecule has 0 bridgehead atoms. The van der Waals surface area contributed by atoms with Crippen LogP contribution in [0.1, 0.15) is 38.1 Å². The Morgan fingerprint density at radius 1 is 1.33 bits per heavy atom. The summed E-state index contributed by atoms with van der Waals surface area (Å²) >= 11 is 0. The second kappa shape index (κ2) is 7.40. The summed E-state index contributed by atoms with van der Waals surface area (Å²) in [6.07, 6.45) is -1.28. The second-order valence-corrected chi connectivity index (χ2v) is 5.70. The topological polar surface area (TPSA) is 71.0 Å². The van der Waals surface area contributed by atoms with Crippen LogP contribution < -0.4 is 5.32 Å². The highest BCUT2D eigenvalue weighted by Gasteiger charge is 2.16. The quantitative estimate of drug-likeness (QED) is 0.644.